The summed E-state index contributed by atoms with van der Waals surface area (Å²) in [5.74, 6) is -0.533. The maximum absolute atomic E-state index is 12.6. The number of anilines is 1. The average molecular weight is 397 g/mol. The molecular weight excluding hydrogens is 384 g/mol. The zero-order valence-corrected chi connectivity index (χ0v) is 14.7. The van der Waals surface area contributed by atoms with E-state index in [-0.39, 0.29) is 10.5 Å². The van der Waals surface area contributed by atoms with Crippen molar-refractivity contribution in [3.63, 3.8) is 0 Å². The number of benzene rings is 2. The Morgan fingerprint density at radius 3 is 2.65 bits per heavy atom. The number of hydrogen-bond donors (Lipinski definition) is 1. The molecule has 0 spiro atoms. The highest BCUT2D eigenvalue weighted by Crippen LogP contribution is 2.25. The molecule has 1 aromatic heterocycles. The van der Waals surface area contributed by atoms with Crippen LogP contribution in [0.2, 0.25) is 0 Å². The number of rotatable bonds is 3. The Balaban J connectivity index is 2.11. The van der Waals surface area contributed by atoms with Gasteiger partial charge in [-0.3, -0.25) is 9.29 Å². The third-order valence-corrected chi connectivity index (χ3v) is 5.47. The number of nitrogens with zero attached hydrogens (tertiary/aromatic N) is 1. The van der Waals surface area contributed by atoms with Gasteiger partial charge in [0.05, 0.1) is 10.4 Å². The maximum Gasteiger partial charge on any atom is 0.419 e. The van der Waals surface area contributed by atoms with Gasteiger partial charge in [-0.05, 0) is 36.8 Å². The van der Waals surface area contributed by atoms with Gasteiger partial charge < -0.3 is 4.42 Å². The summed E-state index contributed by atoms with van der Waals surface area (Å²) in [6.07, 6.45) is 0. The maximum atomic E-state index is 12.6. The Bertz CT molecular complexity index is 1070. The fourth-order valence-corrected chi connectivity index (χ4v) is 4.00. The highest BCUT2D eigenvalue weighted by Gasteiger charge is 2.20. The van der Waals surface area contributed by atoms with Crippen LogP contribution in [-0.2, 0) is 17.1 Å². The fraction of sp³-hybridized carbons (Fsp3) is 0.133. The van der Waals surface area contributed by atoms with E-state index in [1.165, 1.54) is 10.6 Å². The molecule has 120 valence electrons. The van der Waals surface area contributed by atoms with Gasteiger partial charge in [-0.1, -0.05) is 22.0 Å². The molecule has 6 nitrogen and oxygen atoms in total. The molecule has 1 heterocycles. The second-order valence-electron chi connectivity index (χ2n) is 5.13. The van der Waals surface area contributed by atoms with Crippen LogP contribution in [0.4, 0.5) is 5.69 Å². The van der Waals surface area contributed by atoms with E-state index in [1.54, 1.807) is 44.3 Å². The fourth-order valence-electron chi connectivity index (χ4n) is 2.31. The van der Waals surface area contributed by atoms with E-state index in [2.05, 4.69) is 20.7 Å². The van der Waals surface area contributed by atoms with Crippen molar-refractivity contribution < 1.29 is 12.8 Å². The molecular formula is C15H13BrN2O4S. The van der Waals surface area contributed by atoms with E-state index in [9.17, 15) is 13.2 Å². The van der Waals surface area contributed by atoms with Crippen LogP contribution >= 0.6 is 15.9 Å². The summed E-state index contributed by atoms with van der Waals surface area (Å²) in [5, 5.41) is 0. The summed E-state index contributed by atoms with van der Waals surface area (Å²) < 4.78 is 34.9. The second-order valence-corrected chi connectivity index (χ2v) is 7.69. The van der Waals surface area contributed by atoms with Gasteiger partial charge in [0.25, 0.3) is 10.0 Å². The van der Waals surface area contributed by atoms with Crippen molar-refractivity contribution in [2.75, 3.05) is 4.72 Å². The van der Waals surface area contributed by atoms with E-state index in [1.807, 2.05) is 0 Å². The number of hydrogen-bond acceptors (Lipinski definition) is 4. The number of fused-ring (bicyclic) bond motifs is 1. The van der Waals surface area contributed by atoms with Crippen LogP contribution < -0.4 is 10.5 Å². The molecule has 3 rings (SSSR count). The third-order valence-electron chi connectivity index (χ3n) is 3.46. The van der Waals surface area contributed by atoms with Crippen LogP contribution in [0.3, 0.4) is 0 Å². The van der Waals surface area contributed by atoms with Crippen molar-refractivity contribution in [3.05, 3.63) is 57.0 Å². The van der Waals surface area contributed by atoms with Gasteiger partial charge in [0.2, 0.25) is 0 Å². The van der Waals surface area contributed by atoms with Crippen molar-refractivity contribution >= 4 is 42.7 Å². The van der Waals surface area contributed by atoms with Gasteiger partial charge in [-0.2, -0.15) is 0 Å². The van der Waals surface area contributed by atoms with Crippen molar-refractivity contribution in [2.24, 2.45) is 7.05 Å². The van der Waals surface area contributed by atoms with Crippen LogP contribution in [0.1, 0.15) is 5.56 Å². The van der Waals surface area contributed by atoms with Gasteiger partial charge in [0.1, 0.15) is 0 Å². The van der Waals surface area contributed by atoms with Crippen LogP contribution in [-0.4, -0.2) is 13.0 Å². The summed E-state index contributed by atoms with van der Waals surface area (Å²) in [7, 11) is -2.23. The minimum atomic E-state index is -3.80. The molecule has 2 aromatic carbocycles. The number of nitrogens with one attached hydrogen (secondary N) is 1. The van der Waals surface area contributed by atoms with Crippen LogP contribution in [0, 0.1) is 6.92 Å². The van der Waals surface area contributed by atoms with Crippen molar-refractivity contribution in [2.45, 2.75) is 11.8 Å². The molecule has 0 atom stereocenters. The van der Waals surface area contributed by atoms with E-state index < -0.39 is 15.8 Å². The predicted octanol–water partition coefficient (Wildman–Crippen LogP) is 3.00. The number of oxazole rings is 1. The Labute approximate surface area is 140 Å². The highest BCUT2D eigenvalue weighted by atomic mass is 79.9. The minimum Gasteiger partial charge on any atom is -0.408 e. The summed E-state index contributed by atoms with van der Waals surface area (Å²) in [4.78, 5) is 11.6. The Hall–Kier alpha value is -2.06. The first-order chi connectivity index (χ1) is 10.8. The number of halogens is 1. The van der Waals surface area contributed by atoms with Crippen LogP contribution in [0.5, 0.6) is 0 Å². The molecule has 0 unspecified atom stereocenters. The molecule has 0 saturated carbocycles. The number of aryl methyl sites for hydroxylation is 2. The van der Waals surface area contributed by atoms with E-state index >= 15 is 0 Å². The molecule has 0 radical (unpaired) electrons. The Morgan fingerprint density at radius 2 is 1.96 bits per heavy atom. The van der Waals surface area contributed by atoms with E-state index in [0.29, 0.717) is 16.8 Å². The van der Waals surface area contributed by atoms with E-state index in [0.717, 1.165) is 4.47 Å². The SMILES string of the molecule is Cc1cc2c(cc1S(=O)(=O)Nc1cccc(Br)c1)oc(=O)n2C. The smallest absolute Gasteiger partial charge is 0.408 e. The first kappa shape index (κ1) is 15.8. The lowest BCUT2D eigenvalue weighted by atomic mass is 10.2. The largest absolute Gasteiger partial charge is 0.419 e. The molecule has 0 aliphatic heterocycles. The normalized spacial score (nSPS) is 11.8. The lowest BCUT2D eigenvalue weighted by Crippen LogP contribution is -2.14. The number of sulfonamides is 1. The summed E-state index contributed by atoms with van der Waals surface area (Å²) in [6, 6.07) is 9.83. The second kappa shape index (κ2) is 5.54. The molecule has 0 amide bonds. The summed E-state index contributed by atoms with van der Waals surface area (Å²) in [6.45, 7) is 1.67. The van der Waals surface area contributed by atoms with Gasteiger partial charge in [0.15, 0.2) is 5.58 Å². The van der Waals surface area contributed by atoms with Gasteiger partial charge in [-0.25, -0.2) is 13.2 Å². The predicted molar refractivity (Wildman–Crippen MR) is 91.1 cm³/mol. The quantitative estimate of drug-likeness (QED) is 0.737. The Morgan fingerprint density at radius 1 is 1.22 bits per heavy atom. The molecule has 23 heavy (non-hydrogen) atoms. The standard InChI is InChI=1S/C15H13BrN2O4S/c1-9-6-12-13(22-15(19)18(12)2)8-14(9)23(20,21)17-11-5-3-4-10(16)7-11/h3-8,17H,1-2H3. The zero-order valence-electron chi connectivity index (χ0n) is 12.3. The number of aromatic nitrogens is 1. The van der Waals surface area contributed by atoms with E-state index in [4.69, 9.17) is 4.42 Å². The van der Waals surface area contributed by atoms with Gasteiger partial charge in [0, 0.05) is 23.3 Å². The molecule has 8 heteroatoms. The zero-order chi connectivity index (χ0) is 16.8. The summed E-state index contributed by atoms with van der Waals surface area (Å²) >= 11 is 3.30. The lowest BCUT2D eigenvalue weighted by molar-refractivity contribution is 0.527. The van der Waals surface area contributed by atoms with Crippen LogP contribution in [0.15, 0.2) is 55.0 Å². The topological polar surface area (TPSA) is 81.3 Å². The highest BCUT2D eigenvalue weighted by molar-refractivity contribution is 9.10. The average Bonchev–Trinajstić information content (AvgIpc) is 2.73. The van der Waals surface area contributed by atoms with Gasteiger partial charge in [-0.15, -0.1) is 0 Å². The van der Waals surface area contributed by atoms with Crippen molar-refractivity contribution in [1.29, 1.82) is 0 Å². The lowest BCUT2D eigenvalue weighted by Gasteiger charge is -2.10. The molecule has 3 aromatic rings. The first-order valence-electron chi connectivity index (χ1n) is 6.66. The summed E-state index contributed by atoms with van der Waals surface area (Å²) in [5.41, 5.74) is 1.75. The molecule has 0 aliphatic carbocycles. The Kier molecular flexibility index (Phi) is 3.81. The van der Waals surface area contributed by atoms with Crippen molar-refractivity contribution in [3.8, 4) is 0 Å². The van der Waals surface area contributed by atoms with Gasteiger partial charge >= 0.3 is 5.76 Å². The first-order valence-corrected chi connectivity index (χ1v) is 8.94. The molecule has 0 aliphatic rings. The molecule has 1 N–H and O–H groups in total. The monoisotopic (exact) mass is 396 g/mol. The van der Waals surface area contributed by atoms with Crippen LogP contribution in [0.25, 0.3) is 11.1 Å². The molecule has 0 fully saturated rings. The molecule has 0 bridgehead atoms. The third kappa shape index (κ3) is 2.91. The molecule has 0 saturated heterocycles. The minimum absolute atomic E-state index is 0.0688. The van der Waals surface area contributed by atoms with Crippen molar-refractivity contribution in [1.82, 2.24) is 4.57 Å².